The van der Waals surface area contributed by atoms with Crippen molar-refractivity contribution in [2.45, 2.75) is 32.0 Å². The summed E-state index contributed by atoms with van der Waals surface area (Å²) >= 11 is 0. The van der Waals surface area contributed by atoms with Crippen LogP contribution in [0, 0.1) is 0 Å². The average Bonchev–Trinajstić information content (AvgIpc) is 2.29. The molecule has 2 N–H and O–H groups in total. The first-order valence-electron chi connectivity index (χ1n) is 6.15. The number of hydrogen-bond donors (Lipinski definition) is 2. The second-order valence-electron chi connectivity index (χ2n) is 4.80. The highest BCUT2D eigenvalue weighted by Gasteiger charge is 2.44. The van der Waals surface area contributed by atoms with Crippen molar-refractivity contribution in [3.8, 4) is 11.5 Å². The highest BCUT2D eigenvalue weighted by atomic mass is 16.5. The van der Waals surface area contributed by atoms with Gasteiger partial charge in [0.15, 0.2) is 17.2 Å². The zero-order chi connectivity index (χ0) is 12.8. The van der Waals surface area contributed by atoms with Crippen LogP contribution in [0.15, 0.2) is 18.2 Å². The van der Waals surface area contributed by atoms with Crippen molar-refractivity contribution in [1.82, 2.24) is 10.6 Å². The lowest BCUT2D eigenvalue weighted by Crippen LogP contribution is -2.62. The number of nitrogens with one attached hydrogen (secondary N) is 2. The van der Waals surface area contributed by atoms with E-state index in [1.165, 1.54) is 0 Å². The maximum Gasteiger partial charge on any atom is 0.318 e. The number of urea groups is 1. The van der Waals surface area contributed by atoms with E-state index in [2.05, 4.69) is 10.6 Å². The number of hydrogen-bond acceptors (Lipinski definition) is 3. The molecule has 2 atom stereocenters. The third kappa shape index (κ3) is 1.66. The van der Waals surface area contributed by atoms with E-state index < -0.39 is 5.72 Å². The van der Waals surface area contributed by atoms with Gasteiger partial charge in [0.1, 0.15) is 0 Å². The van der Waals surface area contributed by atoms with Gasteiger partial charge in [0.2, 0.25) is 0 Å². The van der Waals surface area contributed by atoms with Crippen LogP contribution in [0.5, 0.6) is 11.5 Å². The number of carbonyl (C=O) groups is 1. The Hall–Kier alpha value is -1.91. The molecule has 1 fully saturated rings. The molecular weight excluding hydrogens is 232 g/mol. The third-order valence-corrected chi connectivity index (χ3v) is 3.29. The number of ether oxygens (including phenoxy) is 2. The van der Waals surface area contributed by atoms with E-state index in [0.29, 0.717) is 13.0 Å². The summed E-state index contributed by atoms with van der Waals surface area (Å²) in [6.45, 7) is 4.40. The third-order valence-electron chi connectivity index (χ3n) is 3.29. The van der Waals surface area contributed by atoms with Crippen LogP contribution < -0.4 is 20.1 Å². The van der Waals surface area contributed by atoms with Crippen LogP contribution in [0.3, 0.4) is 0 Å². The summed E-state index contributed by atoms with van der Waals surface area (Å²) < 4.78 is 11.5. The van der Waals surface area contributed by atoms with Crippen LogP contribution in [0.1, 0.15) is 31.9 Å². The molecular formula is C13H16N2O3. The fourth-order valence-corrected chi connectivity index (χ4v) is 2.59. The highest BCUT2D eigenvalue weighted by Crippen LogP contribution is 2.45. The first-order chi connectivity index (χ1) is 8.61. The Kier molecular flexibility index (Phi) is 2.36. The number of fused-ring (bicyclic) bond motifs is 4. The van der Waals surface area contributed by atoms with Gasteiger partial charge in [-0.3, -0.25) is 0 Å². The molecule has 2 heterocycles. The maximum atomic E-state index is 11.6. The maximum absolute atomic E-state index is 11.6. The van der Waals surface area contributed by atoms with E-state index in [1.54, 1.807) is 0 Å². The topological polar surface area (TPSA) is 59.6 Å². The zero-order valence-corrected chi connectivity index (χ0v) is 10.4. The molecule has 2 amide bonds. The lowest BCUT2D eigenvalue weighted by molar-refractivity contribution is 0.00893. The van der Waals surface area contributed by atoms with E-state index in [4.69, 9.17) is 9.47 Å². The summed E-state index contributed by atoms with van der Waals surface area (Å²) in [6, 6.07) is 5.56. The number of benzene rings is 1. The molecule has 1 saturated heterocycles. The van der Waals surface area contributed by atoms with Gasteiger partial charge in [0.05, 0.1) is 12.6 Å². The molecule has 1 aromatic rings. The molecule has 3 rings (SSSR count). The summed E-state index contributed by atoms with van der Waals surface area (Å²) in [5.41, 5.74) is 0.320. The Morgan fingerprint density at radius 2 is 2.39 bits per heavy atom. The molecule has 0 unspecified atom stereocenters. The van der Waals surface area contributed by atoms with Gasteiger partial charge in [-0.2, -0.15) is 0 Å². The van der Waals surface area contributed by atoms with Gasteiger partial charge in [0, 0.05) is 12.0 Å². The van der Waals surface area contributed by atoms with Gasteiger partial charge < -0.3 is 20.1 Å². The van der Waals surface area contributed by atoms with Crippen molar-refractivity contribution >= 4 is 6.03 Å². The van der Waals surface area contributed by atoms with Crippen LogP contribution in [-0.4, -0.2) is 18.4 Å². The Morgan fingerprint density at radius 1 is 1.56 bits per heavy atom. The van der Waals surface area contributed by atoms with Crippen molar-refractivity contribution < 1.29 is 14.3 Å². The Labute approximate surface area is 105 Å². The lowest BCUT2D eigenvalue weighted by atomic mass is 9.91. The number of rotatable bonds is 2. The molecule has 0 saturated carbocycles. The van der Waals surface area contributed by atoms with Gasteiger partial charge in [-0.25, -0.2) is 4.79 Å². The van der Waals surface area contributed by atoms with E-state index in [1.807, 2.05) is 32.0 Å². The van der Waals surface area contributed by atoms with Gasteiger partial charge in [-0.05, 0) is 19.9 Å². The first kappa shape index (κ1) is 11.2. The predicted octanol–water partition coefficient (Wildman–Crippen LogP) is 1.94. The summed E-state index contributed by atoms with van der Waals surface area (Å²) in [4.78, 5) is 11.6. The van der Waals surface area contributed by atoms with E-state index in [9.17, 15) is 4.79 Å². The molecule has 0 radical (unpaired) electrons. The molecule has 0 aromatic heterocycles. The molecule has 2 bridgehead atoms. The number of carbonyl (C=O) groups excluding carboxylic acids is 1. The average molecular weight is 248 g/mol. The summed E-state index contributed by atoms with van der Waals surface area (Å²) in [7, 11) is 0. The molecule has 18 heavy (non-hydrogen) atoms. The van der Waals surface area contributed by atoms with Gasteiger partial charge in [-0.15, -0.1) is 0 Å². The molecule has 1 aromatic carbocycles. The van der Waals surface area contributed by atoms with Crippen LogP contribution in [0.2, 0.25) is 0 Å². The fourth-order valence-electron chi connectivity index (χ4n) is 2.59. The minimum absolute atomic E-state index is 0.0205. The minimum atomic E-state index is -0.660. The van der Waals surface area contributed by atoms with Crippen molar-refractivity contribution in [3.63, 3.8) is 0 Å². The monoisotopic (exact) mass is 248 g/mol. The molecule has 2 aliphatic rings. The predicted molar refractivity (Wildman–Crippen MR) is 65.7 cm³/mol. The summed E-state index contributed by atoms with van der Waals surface area (Å²) in [5, 5.41) is 5.72. The Morgan fingerprint density at radius 3 is 3.17 bits per heavy atom. The van der Waals surface area contributed by atoms with E-state index in [-0.39, 0.29) is 12.1 Å². The van der Waals surface area contributed by atoms with E-state index >= 15 is 0 Å². The number of para-hydroxylation sites is 1. The van der Waals surface area contributed by atoms with Crippen molar-refractivity contribution in [2.75, 3.05) is 6.61 Å². The summed E-state index contributed by atoms with van der Waals surface area (Å²) in [6.07, 6.45) is 0.710. The van der Waals surface area contributed by atoms with Crippen LogP contribution in [0.4, 0.5) is 4.79 Å². The lowest BCUT2D eigenvalue weighted by Gasteiger charge is -2.44. The highest BCUT2D eigenvalue weighted by molar-refractivity contribution is 5.77. The van der Waals surface area contributed by atoms with Gasteiger partial charge in [0.25, 0.3) is 0 Å². The largest absolute Gasteiger partial charge is 0.490 e. The van der Waals surface area contributed by atoms with Crippen molar-refractivity contribution in [3.05, 3.63) is 23.8 Å². The SMILES string of the molecule is CCOc1cccc2c1O[C@@]1(C)C[C@@H]2NC(=O)N1. The van der Waals surface area contributed by atoms with Gasteiger partial charge in [-0.1, -0.05) is 12.1 Å². The molecule has 5 nitrogen and oxygen atoms in total. The quantitative estimate of drug-likeness (QED) is 0.840. The zero-order valence-electron chi connectivity index (χ0n) is 10.4. The van der Waals surface area contributed by atoms with Crippen molar-refractivity contribution in [2.24, 2.45) is 0 Å². The fraction of sp³-hybridized carbons (Fsp3) is 0.462. The Bertz CT molecular complexity index is 503. The molecule has 96 valence electrons. The van der Waals surface area contributed by atoms with Crippen molar-refractivity contribution in [1.29, 1.82) is 0 Å². The van der Waals surface area contributed by atoms with E-state index in [0.717, 1.165) is 17.1 Å². The number of amides is 2. The normalized spacial score (nSPS) is 28.6. The minimum Gasteiger partial charge on any atom is -0.490 e. The molecule has 5 heteroatoms. The molecule has 2 aliphatic heterocycles. The summed E-state index contributed by atoms with van der Waals surface area (Å²) in [5.74, 6) is 1.45. The van der Waals surface area contributed by atoms with Gasteiger partial charge >= 0.3 is 6.03 Å². The Balaban J connectivity index is 2.07. The smallest absolute Gasteiger partial charge is 0.318 e. The molecule has 0 aliphatic carbocycles. The van der Waals surface area contributed by atoms with Crippen LogP contribution in [0.25, 0.3) is 0 Å². The second-order valence-corrected chi connectivity index (χ2v) is 4.80. The standard InChI is InChI=1S/C13H16N2O3/c1-3-17-10-6-4-5-8-9-7-13(2,18-11(8)10)15-12(16)14-9/h4-6,9H,3,7H2,1-2H3,(H2,14,15,16)/t9-,13-/m0/s1. The second kappa shape index (κ2) is 3.80. The first-order valence-corrected chi connectivity index (χ1v) is 6.15. The molecule has 0 spiro atoms. The van der Waals surface area contributed by atoms with Crippen LogP contribution in [-0.2, 0) is 0 Å². The van der Waals surface area contributed by atoms with Crippen LogP contribution >= 0.6 is 0 Å².